The van der Waals surface area contributed by atoms with Gasteiger partial charge in [-0.15, -0.1) is 6.58 Å². The first kappa shape index (κ1) is 9.10. The van der Waals surface area contributed by atoms with Gasteiger partial charge in [0.05, 0.1) is 0 Å². The van der Waals surface area contributed by atoms with Crippen LogP contribution in [0.5, 0.6) is 0 Å². The Morgan fingerprint density at radius 1 is 1.82 bits per heavy atom. The van der Waals surface area contributed by atoms with Crippen LogP contribution in [0, 0.1) is 0 Å². The molecule has 1 heterocycles. The minimum Gasteiger partial charge on any atom is -0.323 e. The van der Waals surface area contributed by atoms with Crippen molar-refractivity contribution >= 4 is 11.8 Å². The Bertz CT molecular complexity index is 138. The van der Waals surface area contributed by atoms with E-state index >= 15 is 0 Å². The summed E-state index contributed by atoms with van der Waals surface area (Å²) < 4.78 is 0. The van der Waals surface area contributed by atoms with E-state index in [0.29, 0.717) is 6.04 Å². The van der Waals surface area contributed by atoms with Crippen molar-refractivity contribution in [3.05, 3.63) is 12.7 Å². The Morgan fingerprint density at radius 2 is 2.55 bits per heavy atom. The molecule has 0 aromatic heterocycles. The topological polar surface area (TPSA) is 29.3 Å². The van der Waals surface area contributed by atoms with Crippen molar-refractivity contribution in [2.75, 3.05) is 25.1 Å². The van der Waals surface area contributed by atoms with E-state index in [9.17, 15) is 0 Å². The summed E-state index contributed by atoms with van der Waals surface area (Å²) in [6.07, 6.45) is 1.84. The molecule has 1 saturated heterocycles. The Balaban J connectivity index is 2.46. The number of hydrogen-bond acceptors (Lipinski definition) is 3. The number of hydrogen-bond donors (Lipinski definition) is 1. The number of nitrogens with two attached hydrogens (primary N) is 1. The quantitative estimate of drug-likeness (QED) is 0.617. The lowest BCUT2D eigenvalue weighted by Gasteiger charge is -2.34. The fourth-order valence-corrected chi connectivity index (χ4v) is 2.57. The largest absolute Gasteiger partial charge is 0.323 e. The summed E-state index contributed by atoms with van der Waals surface area (Å²) in [7, 11) is 2.13. The molecule has 2 atom stereocenters. The summed E-state index contributed by atoms with van der Waals surface area (Å²) in [5.74, 6) is 2.38. The van der Waals surface area contributed by atoms with Crippen LogP contribution in [0.4, 0.5) is 0 Å². The maximum absolute atomic E-state index is 5.87. The first-order valence-corrected chi connectivity index (χ1v) is 5.07. The predicted octanol–water partition coefficient (Wildman–Crippen LogP) is 0.547. The van der Waals surface area contributed by atoms with E-state index in [1.165, 1.54) is 5.75 Å². The molecule has 3 heteroatoms. The molecule has 0 bridgehead atoms. The predicted molar refractivity (Wildman–Crippen MR) is 51.9 cm³/mol. The van der Waals surface area contributed by atoms with E-state index in [-0.39, 0.29) is 6.04 Å². The number of thioether (sulfide) groups is 1. The maximum Gasteiger partial charge on any atom is 0.0387 e. The molecule has 1 rings (SSSR count). The Morgan fingerprint density at radius 3 is 3.09 bits per heavy atom. The molecule has 0 spiro atoms. The van der Waals surface area contributed by atoms with E-state index in [1.807, 2.05) is 17.8 Å². The minimum absolute atomic E-state index is 0.132. The molecule has 64 valence electrons. The molecule has 1 aliphatic rings. The van der Waals surface area contributed by atoms with Gasteiger partial charge in [0.15, 0.2) is 0 Å². The van der Waals surface area contributed by atoms with Crippen LogP contribution in [-0.2, 0) is 0 Å². The molecule has 11 heavy (non-hydrogen) atoms. The van der Waals surface area contributed by atoms with Crippen LogP contribution in [0.25, 0.3) is 0 Å². The second-order valence-corrected chi connectivity index (χ2v) is 4.09. The van der Waals surface area contributed by atoms with Crippen LogP contribution in [0.1, 0.15) is 0 Å². The zero-order chi connectivity index (χ0) is 8.27. The molecule has 0 aromatic rings. The monoisotopic (exact) mass is 172 g/mol. The highest BCUT2D eigenvalue weighted by Crippen LogP contribution is 2.16. The molecule has 0 aliphatic carbocycles. The van der Waals surface area contributed by atoms with Gasteiger partial charge in [-0.2, -0.15) is 11.8 Å². The number of rotatable bonds is 2. The molecular formula is C8H16N2S. The van der Waals surface area contributed by atoms with Gasteiger partial charge in [0.1, 0.15) is 0 Å². The molecule has 2 N–H and O–H groups in total. The molecule has 0 saturated carbocycles. The maximum atomic E-state index is 5.87. The lowest BCUT2D eigenvalue weighted by Crippen LogP contribution is -2.49. The van der Waals surface area contributed by atoms with Crippen LogP contribution in [-0.4, -0.2) is 42.1 Å². The van der Waals surface area contributed by atoms with E-state index < -0.39 is 0 Å². The smallest absolute Gasteiger partial charge is 0.0387 e. The first-order chi connectivity index (χ1) is 5.25. The van der Waals surface area contributed by atoms with E-state index in [1.54, 1.807) is 0 Å². The highest BCUT2D eigenvalue weighted by molar-refractivity contribution is 7.99. The van der Waals surface area contributed by atoms with Crippen molar-refractivity contribution in [3.63, 3.8) is 0 Å². The lowest BCUT2D eigenvalue weighted by molar-refractivity contribution is 0.253. The van der Waals surface area contributed by atoms with Crippen molar-refractivity contribution < 1.29 is 0 Å². The van der Waals surface area contributed by atoms with Gasteiger partial charge in [-0.25, -0.2) is 0 Å². The molecule has 2 nitrogen and oxygen atoms in total. The zero-order valence-electron chi connectivity index (χ0n) is 6.99. The Kier molecular flexibility index (Phi) is 3.43. The standard InChI is InChI=1S/C8H16N2S/c1-3-7(9)8-6-11-5-4-10(8)2/h3,7-8H,1,4-6,9H2,2H3. The normalized spacial score (nSPS) is 29.8. The second kappa shape index (κ2) is 4.14. The van der Waals surface area contributed by atoms with Gasteiger partial charge in [0.25, 0.3) is 0 Å². The lowest BCUT2D eigenvalue weighted by atomic mass is 10.1. The number of nitrogens with zero attached hydrogens (tertiary/aromatic N) is 1. The summed E-state index contributed by atoms with van der Waals surface area (Å²) in [6.45, 7) is 4.86. The average Bonchev–Trinajstić information content (AvgIpc) is 2.04. The minimum atomic E-state index is 0.132. The third kappa shape index (κ3) is 2.22. The SMILES string of the molecule is C=CC(N)C1CSCCN1C. The van der Waals surface area contributed by atoms with E-state index in [0.717, 1.165) is 12.3 Å². The summed E-state index contributed by atoms with van der Waals surface area (Å²) in [4.78, 5) is 2.32. The van der Waals surface area contributed by atoms with Crippen LogP contribution in [0.2, 0.25) is 0 Å². The summed E-state index contributed by atoms with van der Waals surface area (Å²) in [5.41, 5.74) is 5.87. The summed E-state index contributed by atoms with van der Waals surface area (Å²) in [6, 6.07) is 0.624. The Hall–Kier alpha value is 0.01000. The van der Waals surface area contributed by atoms with Crippen LogP contribution >= 0.6 is 11.8 Å². The molecule has 1 fully saturated rings. The first-order valence-electron chi connectivity index (χ1n) is 3.92. The molecule has 0 aromatic carbocycles. The second-order valence-electron chi connectivity index (χ2n) is 2.94. The third-order valence-corrected chi connectivity index (χ3v) is 3.21. The van der Waals surface area contributed by atoms with Crippen LogP contribution < -0.4 is 5.73 Å². The van der Waals surface area contributed by atoms with Gasteiger partial charge in [0.2, 0.25) is 0 Å². The van der Waals surface area contributed by atoms with Gasteiger partial charge < -0.3 is 5.73 Å². The Labute approximate surface area is 72.8 Å². The van der Waals surface area contributed by atoms with Crippen LogP contribution in [0.15, 0.2) is 12.7 Å². The van der Waals surface area contributed by atoms with Gasteiger partial charge >= 0.3 is 0 Å². The van der Waals surface area contributed by atoms with Crippen molar-refractivity contribution in [3.8, 4) is 0 Å². The molecule has 1 aliphatic heterocycles. The van der Waals surface area contributed by atoms with Crippen molar-refractivity contribution in [1.82, 2.24) is 4.90 Å². The van der Waals surface area contributed by atoms with Gasteiger partial charge in [-0.1, -0.05) is 6.08 Å². The van der Waals surface area contributed by atoms with E-state index in [2.05, 4.69) is 18.5 Å². The highest BCUT2D eigenvalue weighted by Gasteiger charge is 2.22. The van der Waals surface area contributed by atoms with Crippen molar-refractivity contribution in [2.45, 2.75) is 12.1 Å². The van der Waals surface area contributed by atoms with Gasteiger partial charge in [-0.3, -0.25) is 4.90 Å². The fraction of sp³-hybridized carbons (Fsp3) is 0.750. The molecule has 0 radical (unpaired) electrons. The third-order valence-electron chi connectivity index (χ3n) is 2.16. The molecular weight excluding hydrogens is 156 g/mol. The highest BCUT2D eigenvalue weighted by atomic mass is 32.2. The fourth-order valence-electron chi connectivity index (χ4n) is 1.27. The zero-order valence-corrected chi connectivity index (χ0v) is 7.81. The van der Waals surface area contributed by atoms with Gasteiger partial charge in [0, 0.05) is 30.1 Å². The van der Waals surface area contributed by atoms with E-state index in [4.69, 9.17) is 5.73 Å². The molecule has 0 amide bonds. The average molecular weight is 172 g/mol. The summed E-state index contributed by atoms with van der Waals surface area (Å²) in [5, 5.41) is 0. The number of likely N-dealkylation sites (N-methyl/N-ethyl adjacent to an activating group) is 1. The van der Waals surface area contributed by atoms with Crippen LogP contribution in [0.3, 0.4) is 0 Å². The van der Waals surface area contributed by atoms with Gasteiger partial charge in [-0.05, 0) is 7.05 Å². The molecule has 2 unspecified atom stereocenters. The summed E-state index contributed by atoms with van der Waals surface area (Å²) >= 11 is 1.98. The van der Waals surface area contributed by atoms with Crippen molar-refractivity contribution in [1.29, 1.82) is 0 Å². The van der Waals surface area contributed by atoms with Crippen molar-refractivity contribution in [2.24, 2.45) is 5.73 Å².